The molecule has 4 rings (SSSR count). The number of halogens is 4. The molecule has 1 fully saturated rings. The van der Waals surface area contributed by atoms with Crippen molar-refractivity contribution in [3.8, 4) is 11.3 Å². The molecule has 1 N–H and O–H groups in total. The third-order valence-electron chi connectivity index (χ3n) is 4.81. The van der Waals surface area contributed by atoms with Crippen molar-refractivity contribution in [1.29, 1.82) is 0 Å². The Morgan fingerprint density at radius 2 is 1.97 bits per heavy atom. The quantitative estimate of drug-likeness (QED) is 0.638. The van der Waals surface area contributed by atoms with E-state index in [0.717, 1.165) is 36.7 Å². The van der Waals surface area contributed by atoms with Crippen LogP contribution in [0.25, 0.3) is 11.3 Å². The van der Waals surface area contributed by atoms with Gasteiger partial charge in [0.05, 0.1) is 23.1 Å². The summed E-state index contributed by atoms with van der Waals surface area (Å²) >= 11 is 0. The molecule has 0 bridgehead atoms. The largest absolute Gasteiger partial charge is 0.416 e. The second kappa shape index (κ2) is 6.98. The Morgan fingerprint density at radius 1 is 1.21 bits per heavy atom. The topological polar surface area (TPSA) is 59.8 Å². The second-order valence-corrected chi connectivity index (χ2v) is 6.92. The van der Waals surface area contributed by atoms with Gasteiger partial charge in [0.15, 0.2) is 11.5 Å². The zero-order valence-corrected chi connectivity index (χ0v) is 15.3. The van der Waals surface area contributed by atoms with E-state index in [4.69, 9.17) is 0 Å². The maximum Gasteiger partial charge on any atom is 0.416 e. The number of rotatable bonds is 4. The van der Waals surface area contributed by atoms with Crippen LogP contribution in [0.4, 0.5) is 23.2 Å². The molecular formula is C20H16F4N4O. The molecule has 0 unspecified atom stereocenters. The molecular weight excluding hydrogens is 388 g/mol. The van der Waals surface area contributed by atoms with Crippen molar-refractivity contribution in [2.24, 2.45) is 7.05 Å². The first kappa shape index (κ1) is 19.1. The van der Waals surface area contributed by atoms with E-state index in [1.807, 2.05) is 0 Å². The number of benzene rings is 1. The summed E-state index contributed by atoms with van der Waals surface area (Å²) in [4.78, 5) is 16.1. The van der Waals surface area contributed by atoms with Crippen LogP contribution in [0.5, 0.6) is 0 Å². The molecule has 29 heavy (non-hydrogen) atoms. The van der Waals surface area contributed by atoms with Crippen LogP contribution < -0.4 is 5.32 Å². The molecule has 1 aromatic carbocycles. The highest BCUT2D eigenvalue weighted by atomic mass is 19.4. The molecule has 150 valence electrons. The number of hydrogen-bond donors (Lipinski definition) is 1. The van der Waals surface area contributed by atoms with Gasteiger partial charge in [-0.25, -0.2) is 4.39 Å². The molecule has 0 spiro atoms. The Balaban J connectivity index is 1.71. The van der Waals surface area contributed by atoms with Gasteiger partial charge in [-0.15, -0.1) is 0 Å². The number of amides is 1. The summed E-state index contributed by atoms with van der Waals surface area (Å²) < 4.78 is 54.7. The van der Waals surface area contributed by atoms with Crippen molar-refractivity contribution < 1.29 is 22.4 Å². The first-order chi connectivity index (χ1) is 13.7. The highest BCUT2D eigenvalue weighted by molar-refractivity contribution is 6.03. The fourth-order valence-electron chi connectivity index (χ4n) is 3.20. The lowest BCUT2D eigenvalue weighted by Gasteiger charge is -2.13. The van der Waals surface area contributed by atoms with Crippen LogP contribution in [0.3, 0.4) is 0 Å². The summed E-state index contributed by atoms with van der Waals surface area (Å²) in [5, 5.41) is 6.50. The van der Waals surface area contributed by atoms with Crippen molar-refractivity contribution in [2.75, 3.05) is 5.32 Å². The maximum atomic E-state index is 13.7. The van der Waals surface area contributed by atoms with E-state index >= 15 is 0 Å². The zero-order valence-electron chi connectivity index (χ0n) is 15.3. The summed E-state index contributed by atoms with van der Waals surface area (Å²) in [6.07, 6.45) is -0.374. The summed E-state index contributed by atoms with van der Waals surface area (Å²) in [7, 11) is 1.55. The van der Waals surface area contributed by atoms with E-state index in [1.165, 1.54) is 29.1 Å². The summed E-state index contributed by atoms with van der Waals surface area (Å²) in [5.74, 6) is -1.17. The first-order valence-corrected chi connectivity index (χ1v) is 8.90. The lowest BCUT2D eigenvalue weighted by molar-refractivity contribution is -0.137. The Morgan fingerprint density at radius 3 is 2.62 bits per heavy atom. The summed E-state index contributed by atoms with van der Waals surface area (Å²) in [6, 6.07) is 6.38. The molecule has 3 aromatic rings. The number of carbonyl (C=O) groups excluding carboxylic acids is 1. The van der Waals surface area contributed by atoms with Gasteiger partial charge in [-0.05, 0) is 48.6 Å². The maximum absolute atomic E-state index is 13.7. The first-order valence-electron chi connectivity index (χ1n) is 8.90. The minimum absolute atomic E-state index is 0.0297. The number of hydrogen-bond acceptors (Lipinski definition) is 3. The van der Waals surface area contributed by atoms with Gasteiger partial charge in [0.25, 0.3) is 5.91 Å². The van der Waals surface area contributed by atoms with Crippen LogP contribution >= 0.6 is 0 Å². The normalized spacial score (nSPS) is 14.1. The number of carbonyl (C=O) groups is 1. The van der Waals surface area contributed by atoms with Crippen molar-refractivity contribution >= 4 is 11.6 Å². The lowest BCUT2D eigenvalue weighted by Crippen LogP contribution is -2.14. The smallest absolute Gasteiger partial charge is 0.318 e. The predicted molar refractivity (Wildman–Crippen MR) is 97.8 cm³/mol. The predicted octanol–water partition coefficient (Wildman–Crippen LogP) is 4.77. The highest BCUT2D eigenvalue weighted by Gasteiger charge is 2.34. The molecule has 0 atom stereocenters. The summed E-state index contributed by atoms with van der Waals surface area (Å²) in [5.41, 5.74) is 0.730. The fraction of sp³-hybridized carbons (Fsp3) is 0.250. The van der Waals surface area contributed by atoms with Gasteiger partial charge in [-0.2, -0.15) is 18.3 Å². The third kappa shape index (κ3) is 3.85. The zero-order chi connectivity index (χ0) is 20.8. The number of nitrogens with one attached hydrogen (secondary N) is 1. The van der Waals surface area contributed by atoms with Crippen LogP contribution in [0.2, 0.25) is 0 Å². The molecule has 2 heterocycles. The molecule has 2 aromatic heterocycles. The average molecular weight is 404 g/mol. The van der Waals surface area contributed by atoms with Crippen LogP contribution in [0, 0.1) is 5.82 Å². The molecule has 5 nitrogen and oxygen atoms in total. The fourth-order valence-corrected chi connectivity index (χ4v) is 3.20. The third-order valence-corrected chi connectivity index (χ3v) is 4.81. The molecule has 0 saturated heterocycles. The molecule has 9 heteroatoms. The Hall–Kier alpha value is -3.23. The van der Waals surface area contributed by atoms with Gasteiger partial charge >= 0.3 is 6.18 Å². The number of pyridine rings is 1. The monoisotopic (exact) mass is 404 g/mol. The lowest BCUT2D eigenvalue weighted by atomic mass is 9.97. The van der Waals surface area contributed by atoms with E-state index < -0.39 is 23.5 Å². The molecule has 1 aliphatic carbocycles. The van der Waals surface area contributed by atoms with E-state index in [0.29, 0.717) is 11.3 Å². The molecule has 0 aliphatic heterocycles. The van der Waals surface area contributed by atoms with Crippen LogP contribution in [-0.2, 0) is 13.2 Å². The van der Waals surface area contributed by atoms with E-state index in [2.05, 4.69) is 15.4 Å². The number of aryl methyl sites for hydroxylation is 1. The average Bonchev–Trinajstić information content (AvgIpc) is 3.44. The van der Waals surface area contributed by atoms with Crippen molar-refractivity contribution in [3.63, 3.8) is 0 Å². The van der Waals surface area contributed by atoms with Gasteiger partial charge in [-0.1, -0.05) is 6.07 Å². The molecule has 0 radical (unpaired) electrons. The van der Waals surface area contributed by atoms with Gasteiger partial charge in [0, 0.05) is 18.8 Å². The van der Waals surface area contributed by atoms with Crippen LogP contribution in [0.15, 0.2) is 42.7 Å². The highest BCUT2D eigenvalue weighted by Crippen LogP contribution is 2.46. The van der Waals surface area contributed by atoms with E-state index in [1.54, 1.807) is 7.05 Å². The van der Waals surface area contributed by atoms with E-state index in [-0.39, 0.29) is 17.3 Å². The minimum atomic E-state index is -4.48. The van der Waals surface area contributed by atoms with Gasteiger partial charge in [0.1, 0.15) is 0 Å². The van der Waals surface area contributed by atoms with Crippen molar-refractivity contribution in [3.05, 3.63) is 65.4 Å². The second-order valence-electron chi connectivity index (χ2n) is 6.92. The molecule has 1 saturated carbocycles. The SMILES string of the molecule is Cn1nc(C(=O)Nc2ccncc2F)cc1-c1cc(C(F)(F)F)ccc1C1CC1. The standard InChI is InChI=1S/C20H16F4N4O/c1-28-18(9-17(27-28)19(29)26-16-6-7-25-10-15(16)21)14-8-12(20(22,23)24)4-5-13(14)11-2-3-11/h4-11H,2-3H2,1H3,(H,25,26,29). The van der Waals surface area contributed by atoms with E-state index in [9.17, 15) is 22.4 Å². The van der Waals surface area contributed by atoms with Crippen molar-refractivity contribution in [2.45, 2.75) is 24.9 Å². The number of aromatic nitrogens is 3. The number of nitrogens with zero attached hydrogens (tertiary/aromatic N) is 3. The molecule has 1 amide bonds. The van der Waals surface area contributed by atoms with Crippen LogP contribution in [0.1, 0.15) is 40.4 Å². The summed E-state index contributed by atoms with van der Waals surface area (Å²) in [6.45, 7) is 0. The Bertz CT molecular complexity index is 1090. The number of alkyl halides is 3. The van der Waals surface area contributed by atoms with Gasteiger partial charge in [0.2, 0.25) is 0 Å². The van der Waals surface area contributed by atoms with Gasteiger partial charge < -0.3 is 5.32 Å². The van der Waals surface area contributed by atoms with Crippen LogP contribution in [-0.4, -0.2) is 20.7 Å². The Kier molecular flexibility index (Phi) is 4.60. The van der Waals surface area contributed by atoms with Crippen molar-refractivity contribution in [1.82, 2.24) is 14.8 Å². The minimum Gasteiger partial charge on any atom is -0.318 e. The van der Waals surface area contributed by atoms with Gasteiger partial charge in [-0.3, -0.25) is 14.5 Å². The number of anilines is 1. The molecule has 1 aliphatic rings. The Labute approximate surface area is 163 Å².